The Morgan fingerprint density at radius 3 is 2.43 bits per heavy atom. The summed E-state index contributed by atoms with van der Waals surface area (Å²) in [5, 5.41) is 3.09. The highest BCUT2D eigenvalue weighted by Gasteiger charge is 2.15. The summed E-state index contributed by atoms with van der Waals surface area (Å²) in [5.41, 5.74) is 1.44. The Hall–Kier alpha value is -1.99. The molecule has 1 aromatic heterocycles. The lowest BCUT2D eigenvalue weighted by atomic mass is 10.1. The molecule has 112 valence electrons. The number of hydrogen-bond acceptors (Lipinski definition) is 4. The second-order valence-corrected chi connectivity index (χ2v) is 6.26. The highest BCUT2D eigenvalue weighted by atomic mass is 32.2. The lowest BCUT2D eigenvalue weighted by Gasteiger charge is -2.12. The molecule has 0 bridgehead atoms. The maximum Gasteiger partial charge on any atom is 0.263 e. The molecule has 2 N–H and O–H groups in total. The third-order valence-electron chi connectivity index (χ3n) is 3.09. The fraction of sp³-hybridized carbons (Fsp3) is 0.214. The normalized spacial score (nSPS) is 12.9. The Morgan fingerprint density at radius 2 is 1.86 bits per heavy atom. The van der Waals surface area contributed by atoms with Gasteiger partial charge in [0.1, 0.15) is 10.7 Å². The molecule has 1 aromatic carbocycles. The van der Waals surface area contributed by atoms with Crippen molar-refractivity contribution in [2.24, 2.45) is 0 Å². The minimum atomic E-state index is -3.84. The predicted molar refractivity (Wildman–Crippen MR) is 78.9 cm³/mol. The van der Waals surface area contributed by atoms with Crippen LogP contribution in [0.5, 0.6) is 0 Å². The molecular formula is C14H16FN3O2S. The van der Waals surface area contributed by atoms with E-state index in [9.17, 15) is 12.8 Å². The summed E-state index contributed by atoms with van der Waals surface area (Å²) in [6.45, 7) is 2.00. The summed E-state index contributed by atoms with van der Waals surface area (Å²) in [4.78, 5) is 3.33. The molecule has 0 saturated carbocycles. The number of benzene rings is 1. The van der Waals surface area contributed by atoms with Crippen LogP contribution in [0.3, 0.4) is 0 Å². The van der Waals surface area contributed by atoms with E-state index in [-0.39, 0.29) is 10.9 Å². The number of nitrogens with zero attached hydrogens (tertiary/aromatic N) is 1. The quantitative estimate of drug-likeness (QED) is 0.889. The third-order valence-corrected chi connectivity index (χ3v) is 4.43. The van der Waals surface area contributed by atoms with Gasteiger partial charge >= 0.3 is 0 Å². The average Bonchev–Trinajstić information content (AvgIpc) is 2.47. The Labute approximate surface area is 123 Å². The van der Waals surface area contributed by atoms with E-state index in [4.69, 9.17) is 0 Å². The smallest absolute Gasteiger partial charge is 0.263 e. The van der Waals surface area contributed by atoms with E-state index in [0.29, 0.717) is 5.69 Å². The SMILES string of the molecule is CNC(C)c1ccc(NS(=O)(=O)c2cncc(F)c2)cc1. The van der Waals surface area contributed by atoms with Crippen LogP contribution in [-0.2, 0) is 10.0 Å². The first-order valence-corrected chi connectivity index (χ1v) is 7.81. The van der Waals surface area contributed by atoms with E-state index < -0.39 is 15.8 Å². The molecular weight excluding hydrogens is 293 g/mol. The Bertz CT molecular complexity index is 717. The number of anilines is 1. The number of hydrogen-bond donors (Lipinski definition) is 2. The van der Waals surface area contributed by atoms with Crippen molar-refractivity contribution in [3.05, 3.63) is 54.1 Å². The lowest BCUT2D eigenvalue weighted by Crippen LogP contribution is -2.14. The van der Waals surface area contributed by atoms with Crippen molar-refractivity contribution < 1.29 is 12.8 Å². The Balaban J connectivity index is 2.21. The van der Waals surface area contributed by atoms with Gasteiger partial charge in [-0.05, 0) is 37.7 Å². The van der Waals surface area contributed by atoms with Crippen LogP contribution in [-0.4, -0.2) is 20.4 Å². The van der Waals surface area contributed by atoms with Crippen molar-refractivity contribution in [2.45, 2.75) is 17.9 Å². The maximum absolute atomic E-state index is 13.1. The molecule has 1 heterocycles. The fourth-order valence-electron chi connectivity index (χ4n) is 1.76. The molecule has 0 aliphatic carbocycles. The molecule has 7 heteroatoms. The summed E-state index contributed by atoms with van der Waals surface area (Å²) < 4.78 is 39.6. The Kier molecular flexibility index (Phi) is 4.54. The molecule has 0 amide bonds. The highest BCUT2D eigenvalue weighted by molar-refractivity contribution is 7.92. The maximum atomic E-state index is 13.1. The number of sulfonamides is 1. The van der Waals surface area contributed by atoms with Crippen molar-refractivity contribution in [1.82, 2.24) is 10.3 Å². The largest absolute Gasteiger partial charge is 0.313 e. The molecule has 5 nitrogen and oxygen atoms in total. The molecule has 0 aliphatic heterocycles. The van der Waals surface area contributed by atoms with E-state index in [1.807, 2.05) is 26.1 Å². The number of aromatic nitrogens is 1. The van der Waals surface area contributed by atoms with Gasteiger partial charge in [0.2, 0.25) is 0 Å². The van der Waals surface area contributed by atoms with Crippen LogP contribution in [0.1, 0.15) is 18.5 Å². The van der Waals surface area contributed by atoms with Crippen LogP contribution < -0.4 is 10.0 Å². The van der Waals surface area contributed by atoms with E-state index in [1.165, 1.54) is 0 Å². The Morgan fingerprint density at radius 1 is 1.19 bits per heavy atom. The van der Waals surface area contributed by atoms with E-state index in [0.717, 1.165) is 24.0 Å². The zero-order valence-corrected chi connectivity index (χ0v) is 12.5. The molecule has 2 aromatic rings. The van der Waals surface area contributed by atoms with Crippen LogP contribution in [0.15, 0.2) is 47.6 Å². The van der Waals surface area contributed by atoms with Gasteiger partial charge < -0.3 is 5.32 Å². The number of halogens is 1. The molecule has 0 aliphatic rings. The van der Waals surface area contributed by atoms with Crippen molar-refractivity contribution in [3.63, 3.8) is 0 Å². The second-order valence-electron chi connectivity index (χ2n) is 4.58. The molecule has 0 saturated heterocycles. The standard InChI is InChI=1S/C14H16FN3O2S/c1-10(16-2)11-3-5-13(6-4-11)18-21(19,20)14-7-12(15)8-17-9-14/h3-10,16,18H,1-2H3. The molecule has 0 spiro atoms. The van der Waals surface area contributed by atoms with Gasteiger partial charge in [-0.2, -0.15) is 0 Å². The molecule has 1 atom stereocenters. The van der Waals surface area contributed by atoms with Gasteiger partial charge in [0.15, 0.2) is 0 Å². The predicted octanol–water partition coefficient (Wildman–Crippen LogP) is 2.30. The second kappa shape index (κ2) is 6.19. The van der Waals surface area contributed by atoms with Gasteiger partial charge in [0.05, 0.1) is 6.20 Å². The topological polar surface area (TPSA) is 71.1 Å². The van der Waals surface area contributed by atoms with Crippen LogP contribution in [0.4, 0.5) is 10.1 Å². The summed E-state index contributed by atoms with van der Waals surface area (Å²) in [6, 6.07) is 8.06. The number of rotatable bonds is 5. The summed E-state index contributed by atoms with van der Waals surface area (Å²) >= 11 is 0. The minimum absolute atomic E-state index is 0.170. The molecule has 0 fully saturated rings. The van der Waals surface area contributed by atoms with Crippen molar-refractivity contribution in [1.29, 1.82) is 0 Å². The van der Waals surface area contributed by atoms with Crippen molar-refractivity contribution in [3.8, 4) is 0 Å². The van der Waals surface area contributed by atoms with Crippen molar-refractivity contribution >= 4 is 15.7 Å². The molecule has 1 unspecified atom stereocenters. The summed E-state index contributed by atoms with van der Waals surface area (Å²) in [7, 11) is -2.00. The van der Waals surface area contributed by atoms with Crippen molar-refractivity contribution in [2.75, 3.05) is 11.8 Å². The summed E-state index contributed by atoms with van der Waals surface area (Å²) in [5.74, 6) is -0.698. The van der Waals surface area contributed by atoms with Crippen LogP contribution in [0.2, 0.25) is 0 Å². The van der Waals surface area contributed by atoms with Gasteiger partial charge in [-0.15, -0.1) is 0 Å². The fourth-order valence-corrected chi connectivity index (χ4v) is 2.79. The summed E-state index contributed by atoms with van der Waals surface area (Å²) in [6.07, 6.45) is 2.05. The highest BCUT2D eigenvalue weighted by Crippen LogP contribution is 2.19. The van der Waals surface area contributed by atoms with E-state index in [2.05, 4.69) is 15.0 Å². The van der Waals surface area contributed by atoms with Gasteiger partial charge in [-0.3, -0.25) is 9.71 Å². The van der Waals surface area contributed by atoms with Crippen LogP contribution in [0, 0.1) is 5.82 Å². The first-order chi connectivity index (χ1) is 9.92. The minimum Gasteiger partial charge on any atom is -0.313 e. The van der Waals surface area contributed by atoms with Crippen LogP contribution >= 0.6 is 0 Å². The monoisotopic (exact) mass is 309 g/mol. The first kappa shape index (κ1) is 15.4. The molecule has 0 radical (unpaired) electrons. The third kappa shape index (κ3) is 3.77. The molecule has 2 rings (SSSR count). The van der Waals surface area contributed by atoms with Crippen LogP contribution in [0.25, 0.3) is 0 Å². The number of nitrogens with one attached hydrogen (secondary N) is 2. The molecule has 21 heavy (non-hydrogen) atoms. The van der Waals surface area contributed by atoms with Gasteiger partial charge in [-0.1, -0.05) is 12.1 Å². The van der Waals surface area contributed by atoms with Gasteiger partial charge in [0.25, 0.3) is 10.0 Å². The van der Waals surface area contributed by atoms with E-state index in [1.54, 1.807) is 12.1 Å². The number of pyridine rings is 1. The zero-order valence-electron chi connectivity index (χ0n) is 11.7. The van der Waals surface area contributed by atoms with E-state index >= 15 is 0 Å². The lowest BCUT2D eigenvalue weighted by molar-refractivity contribution is 0.592. The average molecular weight is 309 g/mol. The zero-order chi connectivity index (χ0) is 15.5. The van der Waals surface area contributed by atoms with Gasteiger partial charge in [-0.25, -0.2) is 12.8 Å². The first-order valence-electron chi connectivity index (χ1n) is 6.33. The van der Waals surface area contributed by atoms with Gasteiger partial charge in [0, 0.05) is 17.9 Å².